The number of likely N-dealkylation sites (tertiary alicyclic amines) is 1. The normalized spacial score (nSPS) is 20.2. The molecule has 7 heteroatoms. The number of amides is 1. The van der Waals surface area contributed by atoms with Crippen molar-refractivity contribution in [1.29, 1.82) is 0 Å². The van der Waals surface area contributed by atoms with E-state index in [1.165, 1.54) is 12.4 Å². The van der Waals surface area contributed by atoms with Crippen LogP contribution >= 0.6 is 0 Å². The molecule has 2 aromatic heterocycles. The van der Waals surface area contributed by atoms with Crippen LogP contribution in [0.25, 0.3) is 0 Å². The van der Waals surface area contributed by atoms with Gasteiger partial charge in [0, 0.05) is 44.8 Å². The first-order valence-electron chi connectivity index (χ1n) is 8.03. The molecule has 0 saturated carbocycles. The van der Waals surface area contributed by atoms with E-state index >= 15 is 0 Å². The Labute approximate surface area is 141 Å². The van der Waals surface area contributed by atoms with Gasteiger partial charge in [-0.3, -0.25) is 9.78 Å². The highest BCUT2D eigenvalue weighted by molar-refractivity contribution is 5.92. The van der Waals surface area contributed by atoms with E-state index in [9.17, 15) is 4.79 Å². The maximum Gasteiger partial charge on any atom is 0.274 e. The zero-order valence-electron chi connectivity index (χ0n) is 14.5. The first-order chi connectivity index (χ1) is 11.4. The van der Waals surface area contributed by atoms with Gasteiger partial charge >= 0.3 is 0 Å². The van der Waals surface area contributed by atoms with Crippen LogP contribution in [0.4, 0.5) is 5.82 Å². The number of aromatic nitrogens is 4. The second-order valence-corrected chi connectivity index (χ2v) is 6.51. The molecule has 1 fully saturated rings. The van der Waals surface area contributed by atoms with Gasteiger partial charge in [-0.25, -0.2) is 15.0 Å². The minimum absolute atomic E-state index is 0.125. The maximum absolute atomic E-state index is 12.9. The molecule has 3 heterocycles. The van der Waals surface area contributed by atoms with Crippen LogP contribution in [-0.2, 0) is 5.54 Å². The quantitative estimate of drug-likeness (QED) is 0.856. The maximum atomic E-state index is 12.9. The van der Waals surface area contributed by atoms with Crippen LogP contribution in [-0.4, -0.2) is 51.4 Å². The molecule has 24 heavy (non-hydrogen) atoms. The third kappa shape index (κ3) is 2.81. The fourth-order valence-corrected chi connectivity index (χ4v) is 3.09. The first-order valence-corrected chi connectivity index (χ1v) is 8.03. The molecule has 1 aliphatic rings. The molecule has 1 amide bonds. The van der Waals surface area contributed by atoms with Crippen LogP contribution in [0.15, 0.2) is 24.7 Å². The van der Waals surface area contributed by atoms with E-state index in [2.05, 4.69) is 15.0 Å². The van der Waals surface area contributed by atoms with Gasteiger partial charge in [0.2, 0.25) is 0 Å². The van der Waals surface area contributed by atoms with Gasteiger partial charge in [0.25, 0.3) is 5.91 Å². The minimum atomic E-state index is -0.536. The average Bonchev–Trinajstić information content (AvgIpc) is 2.97. The molecular weight excluding hydrogens is 304 g/mol. The molecule has 126 valence electrons. The molecule has 1 saturated heterocycles. The number of nitrogens with zero attached hydrogens (tertiary/aromatic N) is 6. The van der Waals surface area contributed by atoms with Gasteiger partial charge < -0.3 is 9.80 Å². The number of hydrogen-bond acceptors (Lipinski definition) is 6. The Morgan fingerprint density at radius 1 is 1.29 bits per heavy atom. The van der Waals surface area contributed by atoms with E-state index in [1.54, 1.807) is 6.20 Å². The van der Waals surface area contributed by atoms with Crippen molar-refractivity contribution in [1.82, 2.24) is 24.8 Å². The molecule has 0 aromatic carbocycles. The molecule has 7 nitrogen and oxygen atoms in total. The minimum Gasteiger partial charge on any atom is -0.363 e. The predicted octanol–water partition coefficient (Wildman–Crippen LogP) is 1.79. The summed E-state index contributed by atoms with van der Waals surface area (Å²) in [6, 6.07) is 1.94. The Balaban J connectivity index is 2.01. The lowest BCUT2D eigenvalue weighted by atomic mass is 9.97. The number of aryl methyl sites for hydroxylation is 1. The molecule has 0 spiro atoms. The molecule has 1 aliphatic heterocycles. The standard InChI is InChI=1S/C17H22N6O/c1-12-10-14(22(3)4)21-16(20-12)17(2)6-5-9-23(17)15(24)13-11-18-7-8-19-13/h7-8,10-11H,5-6,9H2,1-4H3/t17-/m0/s1. The van der Waals surface area contributed by atoms with E-state index < -0.39 is 5.54 Å². The molecule has 3 rings (SSSR count). The van der Waals surface area contributed by atoms with Crippen LogP contribution in [0.1, 0.15) is 41.8 Å². The van der Waals surface area contributed by atoms with Gasteiger partial charge in [0.15, 0.2) is 5.82 Å². The first kappa shape index (κ1) is 16.3. The fraction of sp³-hybridized carbons (Fsp3) is 0.471. The van der Waals surface area contributed by atoms with Crippen molar-refractivity contribution in [3.8, 4) is 0 Å². The van der Waals surface area contributed by atoms with Crippen molar-refractivity contribution in [3.05, 3.63) is 41.9 Å². The SMILES string of the molecule is Cc1cc(N(C)C)nc([C@]2(C)CCCN2C(=O)c2cnccn2)n1. The number of anilines is 1. The van der Waals surface area contributed by atoms with Crippen molar-refractivity contribution < 1.29 is 4.79 Å². The van der Waals surface area contributed by atoms with Gasteiger partial charge in [-0.15, -0.1) is 0 Å². The third-order valence-corrected chi connectivity index (χ3v) is 4.45. The summed E-state index contributed by atoms with van der Waals surface area (Å²) in [7, 11) is 3.90. The van der Waals surface area contributed by atoms with Crippen LogP contribution in [0, 0.1) is 6.92 Å². The highest BCUT2D eigenvalue weighted by atomic mass is 16.2. The highest BCUT2D eigenvalue weighted by Crippen LogP contribution is 2.38. The summed E-state index contributed by atoms with van der Waals surface area (Å²) >= 11 is 0. The van der Waals surface area contributed by atoms with Crippen molar-refractivity contribution in [2.75, 3.05) is 25.5 Å². The molecular formula is C17H22N6O. The van der Waals surface area contributed by atoms with Crippen LogP contribution in [0.5, 0.6) is 0 Å². The zero-order valence-corrected chi connectivity index (χ0v) is 14.5. The average molecular weight is 326 g/mol. The van der Waals surface area contributed by atoms with Gasteiger partial charge in [0.05, 0.1) is 6.20 Å². The van der Waals surface area contributed by atoms with Gasteiger partial charge in [0.1, 0.15) is 17.1 Å². The summed E-state index contributed by atoms with van der Waals surface area (Å²) in [5.74, 6) is 1.40. The van der Waals surface area contributed by atoms with Crippen LogP contribution < -0.4 is 4.90 Å². The fourth-order valence-electron chi connectivity index (χ4n) is 3.09. The number of carbonyl (C=O) groups is 1. The molecule has 0 radical (unpaired) electrons. The van der Waals surface area contributed by atoms with Gasteiger partial charge in [-0.05, 0) is 26.7 Å². The second-order valence-electron chi connectivity index (χ2n) is 6.51. The van der Waals surface area contributed by atoms with E-state index in [0.717, 1.165) is 24.4 Å². The number of carbonyl (C=O) groups excluding carboxylic acids is 1. The van der Waals surface area contributed by atoms with E-state index in [4.69, 9.17) is 4.98 Å². The Morgan fingerprint density at radius 2 is 2.08 bits per heavy atom. The van der Waals surface area contributed by atoms with Crippen molar-refractivity contribution >= 4 is 11.7 Å². The molecule has 0 unspecified atom stereocenters. The molecule has 0 N–H and O–H groups in total. The van der Waals surface area contributed by atoms with Crippen molar-refractivity contribution in [2.45, 2.75) is 32.2 Å². The lowest BCUT2D eigenvalue weighted by Crippen LogP contribution is -2.44. The highest BCUT2D eigenvalue weighted by Gasteiger charge is 2.44. The molecule has 0 bridgehead atoms. The van der Waals surface area contributed by atoms with Crippen LogP contribution in [0.3, 0.4) is 0 Å². The van der Waals surface area contributed by atoms with Crippen molar-refractivity contribution in [2.24, 2.45) is 0 Å². The zero-order chi connectivity index (χ0) is 17.3. The lowest BCUT2D eigenvalue weighted by Gasteiger charge is -2.34. The summed E-state index contributed by atoms with van der Waals surface area (Å²) in [4.78, 5) is 34.1. The summed E-state index contributed by atoms with van der Waals surface area (Å²) in [6.45, 7) is 4.65. The second kappa shape index (κ2) is 6.14. The van der Waals surface area contributed by atoms with E-state index in [-0.39, 0.29) is 5.91 Å². The Bertz CT molecular complexity index is 748. The number of rotatable bonds is 3. The summed E-state index contributed by atoms with van der Waals surface area (Å²) in [5, 5.41) is 0. The summed E-state index contributed by atoms with van der Waals surface area (Å²) in [5.41, 5.74) is 0.709. The van der Waals surface area contributed by atoms with E-state index in [0.29, 0.717) is 18.1 Å². The largest absolute Gasteiger partial charge is 0.363 e. The molecule has 0 aliphatic carbocycles. The Kier molecular flexibility index (Phi) is 4.17. The molecule has 1 atom stereocenters. The van der Waals surface area contributed by atoms with Gasteiger partial charge in [-0.1, -0.05) is 0 Å². The third-order valence-electron chi connectivity index (χ3n) is 4.45. The molecule has 2 aromatic rings. The number of hydrogen-bond donors (Lipinski definition) is 0. The van der Waals surface area contributed by atoms with Crippen LogP contribution in [0.2, 0.25) is 0 Å². The van der Waals surface area contributed by atoms with Crippen molar-refractivity contribution in [3.63, 3.8) is 0 Å². The Hall–Kier alpha value is -2.57. The monoisotopic (exact) mass is 326 g/mol. The smallest absolute Gasteiger partial charge is 0.274 e. The van der Waals surface area contributed by atoms with E-state index in [1.807, 2.05) is 43.8 Å². The Morgan fingerprint density at radius 3 is 2.75 bits per heavy atom. The topological polar surface area (TPSA) is 75.1 Å². The summed E-state index contributed by atoms with van der Waals surface area (Å²) in [6.07, 6.45) is 6.34. The predicted molar refractivity (Wildman–Crippen MR) is 90.8 cm³/mol. The summed E-state index contributed by atoms with van der Waals surface area (Å²) < 4.78 is 0. The van der Waals surface area contributed by atoms with Gasteiger partial charge in [-0.2, -0.15) is 0 Å². The lowest BCUT2D eigenvalue weighted by molar-refractivity contribution is 0.0597.